The van der Waals surface area contributed by atoms with Gasteiger partial charge in [0.1, 0.15) is 11.6 Å². The van der Waals surface area contributed by atoms with Crippen LogP contribution in [0, 0.1) is 11.3 Å². The molecule has 8 heteroatoms. The molecule has 0 atom stereocenters. The van der Waals surface area contributed by atoms with Crippen molar-refractivity contribution in [3.8, 4) is 11.8 Å². The Labute approximate surface area is 187 Å². The molecule has 0 unspecified atom stereocenters. The quantitative estimate of drug-likeness (QED) is 0.620. The largest absolute Gasteiger partial charge is 0.378 e. The normalized spacial score (nSPS) is 13.7. The van der Waals surface area contributed by atoms with E-state index in [9.17, 15) is 10.1 Å². The molecule has 1 aliphatic heterocycles. The molecule has 0 spiro atoms. The zero-order chi connectivity index (χ0) is 22.3. The first kappa shape index (κ1) is 21.6. The minimum atomic E-state index is -0.203. The maximum absolute atomic E-state index is 12.8. The Kier molecular flexibility index (Phi) is 6.80. The van der Waals surface area contributed by atoms with Crippen LogP contribution in [0.25, 0.3) is 5.69 Å². The van der Waals surface area contributed by atoms with E-state index in [-0.39, 0.29) is 12.5 Å². The summed E-state index contributed by atoms with van der Waals surface area (Å²) in [4.78, 5) is 17.1. The first-order chi connectivity index (χ1) is 15.7. The van der Waals surface area contributed by atoms with Crippen molar-refractivity contribution in [2.24, 2.45) is 0 Å². The number of rotatable bonds is 7. The molecule has 0 aliphatic carbocycles. The Morgan fingerprint density at radius 2 is 1.88 bits per heavy atom. The van der Waals surface area contributed by atoms with Crippen LogP contribution in [0.1, 0.15) is 11.1 Å². The lowest BCUT2D eigenvalue weighted by Gasteiger charge is -2.31. The number of morpholine rings is 1. The fourth-order valence-corrected chi connectivity index (χ4v) is 3.84. The number of carbonyl (C=O) groups is 1. The summed E-state index contributed by atoms with van der Waals surface area (Å²) in [5.74, 6) is 0.177. The van der Waals surface area contributed by atoms with E-state index < -0.39 is 0 Å². The summed E-state index contributed by atoms with van der Waals surface area (Å²) in [6, 6.07) is 19.8. The average Bonchev–Trinajstić information content (AvgIpc) is 3.22. The highest BCUT2D eigenvalue weighted by Gasteiger charge is 2.18. The second kappa shape index (κ2) is 10.1. The van der Waals surface area contributed by atoms with Crippen LogP contribution < -0.4 is 10.2 Å². The van der Waals surface area contributed by atoms with Crippen molar-refractivity contribution in [3.05, 3.63) is 71.9 Å². The molecule has 0 radical (unpaired) electrons. The number of para-hydroxylation sites is 2. The van der Waals surface area contributed by atoms with Gasteiger partial charge in [0.15, 0.2) is 5.82 Å². The Bertz CT molecular complexity index is 1100. The van der Waals surface area contributed by atoms with Crippen molar-refractivity contribution in [2.75, 3.05) is 50.1 Å². The fourth-order valence-electron chi connectivity index (χ4n) is 3.84. The van der Waals surface area contributed by atoms with E-state index in [0.29, 0.717) is 17.9 Å². The number of amides is 1. The van der Waals surface area contributed by atoms with E-state index in [1.165, 1.54) is 11.9 Å². The Balaban J connectivity index is 1.44. The van der Waals surface area contributed by atoms with Crippen molar-refractivity contribution < 1.29 is 9.53 Å². The Morgan fingerprint density at radius 1 is 1.16 bits per heavy atom. The summed E-state index contributed by atoms with van der Waals surface area (Å²) in [5.41, 5.74) is 3.44. The predicted octanol–water partition coefficient (Wildman–Crippen LogP) is 2.65. The van der Waals surface area contributed by atoms with Gasteiger partial charge >= 0.3 is 0 Å². The smallest absolute Gasteiger partial charge is 0.239 e. The van der Waals surface area contributed by atoms with E-state index in [1.807, 2.05) is 54.4 Å². The van der Waals surface area contributed by atoms with Crippen LogP contribution in [-0.4, -0.2) is 60.5 Å². The number of benzene rings is 2. The van der Waals surface area contributed by atoms with Gasteiger partial charge in [-0.3, -0.25) is 9.69 Å². The third kappa shape index (κ3) is 4.97. The van der Waals surface area contributed by atoms with Crippen molar-refractivity contribution in [1.29, 1.82) is 5.26 Å². The van der Waals surface area contributed by atoms with Crippen LogP contribution in [0.4, 0.5) is 11.5 Å². The molecule has 1 aromatic heterocycles. The van der Waals surface area contributed by atoms with E-state index >= 15 is 0 Å². The highest BCUT2D eigenvalue weighted by Crippen LogP contribution is 2.23. The van der Waals surface area contributed by atoms with E-state index in [4.69, 9.17) is 4.74 Å². The number of nitrogens with one attached hydrogen (secondary N) is 1. The lowest BCUT2D eigenvalue weighted by atomic mass is 10.1. The van der Waals surface area contributed by atoms with Gasteiger partial charge in [0.25, 0.3) is 0 Å². The molecule has 2 aromatic carbocycles. The monoisotopic (exact) mass is 430 g/mol. The molecule has 2 heterocycles. The van der Waals surface area contributed by atoms with Crippen LogP contribution in [0.3, 0.4) is 0 Å². The van der Waals surface area contributed by atoms with Crippen LogP contribution in [0.2, 0.25) is 0 Å². The number of likely N-dealkylation sites (N-methyl/N-ethyl adjacent to an activating group) is 1. The summed E-state index contributed by atoms with van der Waals surface area (Å²) >= 11 is 0. The number of hydrogen-bond donors (Lipinski definition) is 1. The zero-order valence-corrected chi connectivity index (χ0v) is 18.1. The van der Waals surface area contributed by atoms with E-state index in [2.05, 4.69) is 33.5 Å². The SMILES string of the molecule is CN(CC(=O)Nc1c(C#N)cnn1-c1ccccc1)Cc1ccccc1N1CCOCC1. The topological polar surface area (TPSA) is 86.4 Å². The molecule has 4 rings (SSSR count). The lowest BCUT2D eigenvalue weighted by molar-refractivity contribution is -0.117. The van der Waals surface area contributed by atoms with Gasteiger partial charge in [-0.25, -0.2) is 4.68 Å². The molecule has 1 amide bonds. The number of nitrogens with zero attached hydrogens (tertiary/aromatic N) is 5. The maximum Gasteiger partial charge on any atom is 0.239 e. The summed E-state index contributed by atoms with van der Waals surface area (Å²) in [7, 11) is 1.91. The van der Waals surface area contributed by atoms with Gasteiger partial charge in [0.05, 0.1) is 31.6 Å². The summed E-state index contributed by atoms with van der Waals surface area (Å²) in [5, 5.41) is 16.6. The predicted molar refractivity (Wildman–Crippen MR) is 123 cm³/mol. The maximum atomic E-state index is 12.8. The van der Waals surface area contributed by atoms with Gasteiger partial charge in [0, 0.05) is 25.3 Å². The van der Waals surface area contributed by atoms with Gasteiger partial charge in [-0.15, -0.1) is 0 Å². The van der Waals surface area contributed by atoms with Gasteiger partial charge in [-0.05, 0) is 30.8 Å². The summed E-state index contributed by atoms with van der Waals surface area (Å²) in [6.07, 6.45) is 1.46. The fraction of sp³-hybridized carbons (Fsp3) is 0.292. The molecule has 8 nitrogen and oxygen atoms in total. The number of nitriles is 1. The molecule has 3 aromatic rings. The third-order valence-corrected chi connectivity index (χ3v) is 5.35. The molecular formula is C24H26N6O2. The van der Waals surface area contributed by atoms with Crippen LogP contribution in [0.5, 0.6) is 0 Å². The number of anilines is 2. The summed E-state index contributed by atoms with van der Waals surface area (Å²) < 4.78 is 7.04. The van der Waals surface area contributed by atoms with E-state index in [1.54, 1.807) is 4.68 Å². The van der Waals surface area contributed by atoms with Crippen molar-refractivity contribution >= 4 is 17.4 Å². The Morgan fingerprint density at radius 3 is 2.62 bits per heavy atom. The minimum Gasteiger partial charge on any atom is -0.378 e. The standard InChI is InChI=1S/C24H26N6O2/c1-28(17-19-7-5-6-10-22(19)29-11-13-32-14-12-29)18-23(31)27-24-20(15-25)16-26-30(24)21-8-3-2-4-9-21/h2-10,16H,11-14,17-18H2,1H3,(H,27,31). The van der Waals surface area contributed by atoms with Crippen molar-refractivity contribution in [1.82, 2.24) is 14.7 Å². The second-order valence-corrected chi connectivity index (χ2v) is 7.71. The number of hydrogen-bond acceptors (Lipinski definition) is 6. The van der Waals surface area contributed by atoms with Crippen LogP contribution in [-0.2, 0) is 16.1 Å². The molecule has 164 valence electrons. The highest BCUT2D eigenvalue weighted by molar-refractivity contribution is 5.93. The third-order valence-electron chi connectivity index (χ3n) is 5.35. The van der Waals surface area contributed by atoms with Gasteiger partial charge < -0.3 is 15.0 Å². The minimum absolute atomic E-state index is 0.183. The molecule has 1 aliphatic rings. The van der Waals surface area contributed by atoms with Gasteiger partial charge in [0.2, 0.25) is 5.91 Å². The van der Waals surface area contributed by atoms with Crippen LogP contribution >= 0.6 is 0 Å². The molecule has 1 saturated heterocycles. The Hall–Kier alpha value is -3.67. The molecule has 0 saturated carbocycles. The highest BCUT2D eigenvalue weighted by atomic mass is 16.5. The first-order valence-corrected chi connectivity index (χ1v) is 10.6. The average molecular weight is 431 g/mol. The number of carbonyl (C=O) groups excluding carboxylic acids is 1. The molecule has 32 heavy (non-hydrogen) atoms. The molecular weight excluding hydrogens is 404 g/mol. The molecule has 1 N–H and O–H groups in total. The number of ether oxygens (including phenoxy) is 1. The first-order valence-electron chi connectivity index (χ1n) is 10.6. The summed E-state index contributed by atoms with van der Waals surface area (Å²) in [6.45, 7) is 3.99. The van der Waals surface area contributed by atoms with E-state index in [0.717, 1.165) is 37.6 Å². The zero-order valence-electron chi connectivity index (χ0n) is 18.1. The molecule has 0 bridgehead atoms. The van der Waals surface area contributed by atoms with Crippen molar-refractivity contribution in [3.63, 3.8) is 0 Å². The van der Waals surface area contributed by atoms with Crippen LogP contribution in [0.15, 0.2) is 60.8 Å². The number of aromatic nitrogens is 2. The molecule has 1 fully saturated rings. The lowest BCUT2D eigenvalue weighted by Crippen LogP contribution is -2.37. The van der Waals surface area contributed by atoms with Gasteiger partial charge in [-0.2, -0.15) is 10.4 Å². The second-order valence-electron chi connectivity index (χ2n) is 7.71. The van der Waals surface area contributed by atoms with Crippen molar-refractivity contribution in [2.45, 2.75) is 6.54 Å². The van der Waals surface area contributed by atoms with Gasteiger partial charge in [-0.1, -0.05) is 36.4 Å².